The van der Waals surface area contributed by atoms with Gasteiger partial charge in [-0.1, -0.05) is 42.0 Å². The number of carbonyl (C=O) groups is 1. The van der Waals surface area contributed by atoms with Crippen molar-refractivity contribution in [2.24, 2.45) is 0 Å². The highest BCUT2D eigenvalue weighted by Gasteiger charge is 2.21. The van der Waals surface area contributed by atoms with Gasteiger partial charge in [-0.05, 0) is 69.8 Å². The van der Waals surface area contributed by atoms with Gasteiger partial charge in [-0.25, -0.2) is 0 Å². The van der Waals surface area contributed by atoms with Crippen molar-refractivity contribution >= 4 is 68.3 Å². The van der Waals surface area contributed by atoms with Gasteiger partial charge in [-0.3, -0.25) is 4.79 Å². The summed E-state index contributed by atoms with van der Waals surface area (Å²) in [6.45, 7) is 1.92. The molecule has 27 heavy (non-hydrogen) atoms. The van der Waals surface area contributed by atoms with Crippen molar-refractivity contribution < 1.29 is 9.90 Å². The molecule has 0 aliphatic carbocycles. The second-order valence-corrected chi connectivity index (χ2v) is 8.61. The number of carbonyl (C=O) groups excluding carboxylic acids is 1. The van der Waals surface area contributed by atoms with Crippen LogP contribution in [-0.2, 0) is 11.2 Å². The lowest BCUT2D eigenvalue weighted by Crippen LogP contribution is -2.47. The first kappa shape index (κ1) is 21.8. The van der Waals surface area contributed by atoms with Crippen LogP contribution in [0.5, 0.6) is 5.75 Å². The number of phenols is 1. The molecule has 0 saturated carbocycles. The molecule has 140 valence electrons. The predicted molar refractivity (Wildman–Crippen MR) is 126 cm³/mol. The number of halogens is 2. The van der Waals surface area contributed by atoms with Crippen LogP contribution in [0.1, 0.15) is 16.7 Å². The molecule has 1 amide bonds. The zero-order valence-corrected chi connectivity index (χ0v) is 19.6. The van der Waals surface area contributed by atoms with E-state index in [4.69, 9.17) is 17.5 Å². The Morgan fingerprint density at radius 1 is 1.26 bits per heavy atom. The van der Waals surface area contributed by atoms with Crippen molar-refractivity contribution in [3.63, 3.8) is 0 Å². The van der Waals surface area contributed by atoms with Crippen LogP contribution < -0.4 is 10.6 Å². The Kier molecular flexibility index (Phi) is 8.25. The number of aryl methyl sites for hydroxylation is 1. The number of nitriles is 1. The summed E-state index contributed by atoms with van der Waals surface area (Å²) >= 11 is 9.57. The van der Waals surface area contributed by atoms with E-state index < -0.39 is 6.04 Å². The zero-order chi connectivity index (χ0) is 20.0. The number of nitrogens with one attached hydrogen (secondary N) is 2. The molecular formula is C19H17I2N3O2S. The maximum absolute atomic E-state index is 12.5. The van der Waals surface area contributed by atoms with Gasteiger partial charge in [-0.15, -0.1) is 0 Å². The number of aromatic hydroxyl groups is 1. The number of hydrogen-bond acceptors (Lipinski definition) is 4. The van der Waals surface area contributed by atoms with Crippen molar-refractivity contribution in [3.05, 3.63) is 60.2 Å². The van der Waals surface area contributed by atoms with Crippen molar-refractivity contribution in [1.29, 1.82) is 5.26 Å². The highest BCUT2D eigenvalue weighted by molar-refractivity contribution is 14.1. The molecule has 2 aromatic carbocycles. The highest BCUT2D eigenvalue weighted by atomic mass is 127. The Morgan fingerprint density at radius 2 is 1.85 bits per heavy atom. The van der Waals surface area contributed by atoms with E-state index in [1.807, 2.05) is 49.4 Å². The summed E-state index contributed by atoms with van der Waals surface area (Å²) in [5.41, 5.74) is 2.83. The van der Waals surface area contributed by atoms with Crippen molar-refractivity contribution in [2.75, 3.05) is 6.54 Å². The SMILES string of the molecule is Cc1ccc(C(=S)N[C@@H](Cc2cc(I)c(O)c(I)c2)C(=O)NCC#N)cc1. The Bertz CT molecular complexity index is 872. The summed E-state index contributed by atoms with van der Waals surface area (Å²) in [6.07, 6.45) is 0.371. The van der Waals surface area contributed by atoms with E-state index in [0.717, 1.165) is 16.7 Å². The second-order valence-electron chi connectivity index (χ2n) is 5.88. The number of phenolic OH excluding ortho intramolecular Hbond substituents is 1. The van der Waals surface area contributed by atoms with E-state index in [-0.39, 0.29) is 18.2 Å². The minimum Gasteiger partial charge on any atom is -0.506 e. The lowest BCUT2D eigenvalue weighted by Gasteiger charge is -2.20. The van der Waals surface area contributed by atoms with Crippen LogP contribution in [-0.4, -0.2) is 28.6 Å². The zero-order valence-electron chi connectivity index (χ0n) is 14.4. The largest absolute Gasteiger partial charge is 0.506 e. The molecular weight excluding hydrogens is 588 g/mol. The molecule has 0 saturated heterocycles. The van der Waals surface area contributed by atoms with Gasteiger partial charge in [-0.2, -0.15) is 5.26 Å². The lowest BCUT2D eigenvalue weighted by molar-refractivity contribution is -0.122. The summed E-state index contributed by atoms with van der Waals surface area (Å²) in [7, 11) is 0. The molecule has 5 nitrogen and oxygen atoms in total. The van der Waals surface area contributed by atoms with E-state index >= 15 is 0 Å². The number of thiocarbonyl (C=S) groups is 1. The first-order valence-corrected chi connectivity index (χ1v) is 10.6. The molecule has 0 aliphatic heterocycles. The molecule has 0 aromatic heterocycles. The van der Waals surface area contributed by atoms with Gasteiger partial charge in [0.25, 0.3) is 0 Å². The fraction of sp³-hybridized carbons (Fsp3) is 0.211. The maximum atomic E-state index is 12.5. The monoisotopic (exact) mass is 605 g/mol. The topological polar surface area (TPSA) is 85.2 Å². The molecule has 0 fully saturated rings. The van der Waals surface area contributed by atoms with Crippen LogP contribution >= 0.6 is 57.4 Å². The molecule has 1 atom stereocenters. The Balaban J connectivity index is 2.23. The first-order chi connectivity index (χ1) is 12.8. The van der Waals surface area contributed by atoms with Crippen LogP contribution in [0.2, 0.25) is 0 Å². The number of nitrogens with zero attached hydrogens (tertiary/aromatic N) is 1. The van der Waals surface area contributed by atoms with E-state index in [9.17, 15) is 9.90 Å². The molecule has 0 heterocycles. The van der Waals surface area contributed by atoms with Crippen LogP contribution in [0, 0.1) is 25.4 Å². The summed E-state index contributed by atoms with van der Waals surface area (Å²) < 4.78 is 1.43. The summed E-state index contributed by atoms with van der Waals surface area (Å²) in [4.78, 5) is 13.0. The average molecular weight is 605 g/mol. The summed E-state index contributed by atoms with van der Waals surface area (Å²) in [5, 5.41) is 24.4. The van der Waals surface area contributed by atoms with Crippen LogP contribution in [0.25, 0.3) is 0 Å². The van der Waals surface area contributed by atoms with Gasteiger partial charge in [0.05, 0.1) is 13.2 Å². The average Bonchev–Trinajstić information content (AvgIpc) is 2.64. The van der Waals surface area contributed by atoms with E-state index in [2.05, 4.69) is 55.8 Å². The third kappa shape index (κ3) is 6.29. The minimum absolute atomic E-state index is 0.0705. The van der Waals surface area contributed by atoms with Gasteiger partial charge >= 0.3 is 0 Å². The Morgan fingerprint density at radius 3 is 2.41 bits per heavy atom. The third-order valence-corrected chi connectivity index (χ3v) is 5.79. The Hall–Kier alpha value is -1.45. The van der Waals surface area contributed by atoms with Gasteiger partial charge < -0.3 is 15.7 Å². The van der Waals surface area contributed by atoms with Crippen LogP contribution in [0.15, 0.2) is 36.4 Å². The molecule has 0 radical (unpaired) electrons. The van der Waals surface area contributed by atoms with Crippen molar-refractivity contribution in [2.45, 2.75) is 19.4 Å². The fourth-order valence-corrected chi connectivity index (χ4v) is 4.55. The quantitative estimate of drug-likeness (QED) is 0.267. The molecule has 3 N–H and O–H groups in total. The molecule has 0 unspecified atom stereocenters. The van der Waals surface area contributed by atoms with Gasteiger partial charge in [0.1, 0.15) is 23.3 Å². The number of rotatable bonds is 6. The molecule has 8 heteroatoms. The van der Waals surface area contributed by atoms with E-state index in [1.54, 1.807) is 0 Å². The molecule has 0 aliphatic rings. The first-order valence-electron chi connectivity index (χ1n) is 8.01. The van der Waals surface area contributed by atoms with E-state index in [0.29, 0.717) is 18.5 Å². The van der Waals surface area contributed by atoms with Gasteiger partial charge in [0, 0.05) is 12.0 Å². The van der Waals surface area contributed by atoms with Crippen molar-refractivity contribution in [1.82, 2.24) is 10.6 Å². The van der Waals surface area contributed by atoms with E-state index in [1.165, 1.54) is 0 Å². The van der Waals surface area contributed by atoms with Crippen LogP contribution in [0.4, 0.5) is 0 Å². The van der Waals surface area contributed by atoms with Crippen LogP contribution in [0.3, 0.4) is 0 Å². The minimum atomic E-state index is -0.636. The third-order valence-electron chi connectivity index (χ3n) is 3.79. The smallest absolute Gasteiger partial charge is 0.243 e. The number of benzene rings is 2. The number of amides is 1. The number of hydrogen-bond donors (Lipinski definition) is 3. The second kappa shape index (κ2) is 10.2. The predicted octanol–water partition coefficient (Wildman–Crippen LogP) is 3.43. The van der Waals surface area contributed by atoms with Gasteiger partial charge in [0.2, 0.25) is 5.91 Å². The highest BCUT2D eigenvalue weighted by Crippen LogP contribution is 2.27. The van der Waals surface area contributed by atoms with Crippen molar-refractivity contribution in [3.8, 4) is 11.8 Å². The normalized spacial score (nSPS) is 11.3. The summed E-state index contributed by atoms with van der Waals surface area (Å²) in [6, 6.07) is 12.7. The molecule has 0 bridgehead atoms. The lowest BCUT2D eigenvalue weighted by atomic mass is 10.0. The molecule has 0 spiro atoms. The molecule has 2 aromatic rings. The maximum Gasteiger partial charge on any atom is 0.243 e. The van der Waals surface area contributed by atoms with Gasteiger partial charge in [0.15, 0.2) is 0 Å². The Labute approximate surface area is 190 Å². The standard InChI is InChI=1S/C19H17I2N3O2S/c1-11-2-4-13(5-3-11)19(27)24-16(18(26)23-7-6-22)10-12-8-14(20)17(25)15(21)9-12/h2-5,8-9,16,25H,7,10H2,1H3,(H,23,26)(H,24,27)/t16-/m0/s1. The molecule has 2 rings (SSSR count). The summed E-state index contributed by atoms with van der Waals surface area (Å²) in [5.74, 6) is -0.0716. The fourth-order valence-electron chi connectivity index (χ4n) is 2.38.